The zero-order valence-electron chi connectivity index (χ0n) is 40.4. The van der Waals surface area contributed by atoms with Crippen molar-refractivity contribution in [2.45, 2.75) is 210 Å². The van der Waals surface area contributed by atoms with Crippen molar-refractivity contribution >= 4 is 19.8 Å². The van der Waals surface area contributed by atoms with E-state index in [2.05, 4.69) is 55.5 Å². The van der Waals surface area contributed by atoms with Crippen LogP contribution in [0.1, 0.15) is 149 Å². The second kappa shape index (κ2) is 36.1. The average Bonchev–Trinajstić information content (AvgIpc) is 3.31. The molecule has 1 aliphatic carbocycles. The molecule has 0 aromatic carbocycles. The van der Waals surface area contributed by atoms with Gasteiger partial charge in [0, 0.05) is 31.1 Å². The van der Waals surface area contributed by atoms with Gasteiger partial charge in [-0.25, -0.2) is 4.57 Å². The maximum Gasteiger partial charge on any atom is 0.472 e. The van der Waals surface area contributed by atoms with Gasteiger partial charge in [-0.15, -0.1) is 0 Å². The first-order valence-electron chi connectivity index (χ1n) is 25.0. The van der Waals surface area contributed by atoms with Gasteiger partial charge in [-0.2, -0.15) is 0 Å². The molecule has 16 nitrogen and oxygen atoms in total. The lowest BCUT2D eigenvalue weighted by Gasteiger charge is -2.37. The SMILES string of the molecule is CC/C=C\C/C=C\C/C=C\C/C=C\CCCCCCCCC(=O)O[C@@H]1COC(=O)CCC/C=C/C[C@@H]2[C@@H](O)[C@H](O)[C@@H](O)[C@H](OP(=O)(O)OC1)[C@H](O)[C@H](O)[C@@H](/C=C/[C@@H](O)CCCCC)[C@H](O)C[C@@H]2O. The number of phosphoric acid groups is 1. The number of fused-ring (bicyclic) bond motifs is 4. The van der Waals surface area contributed by atoms with Crippen molar-refractivity contribution in [3.63, 3.8) is 0 Å². The van der Waals surface area contributed by atoms with E-state index in [9.17, 15) is 59.9 Å². The van der Waals surface area contributed by atoms with Crippen LogP contribution in [-0.2, 0) is 32.7 Å². The summed E-state index contributed by atoms with van der Waals surface area (Å²) in [6, 6.07) is 0. The summed E-state index contributed by atoms with van der Waals surface area (Å²) < 4.78 is 34.8. The van der Waals surface area contributed by atoms with Gasteiger partial charge in [-0.1, -0.05) is 132 Å². The van der Waals surface area contributed by atoms with Gasteiger partial charge in [0.1, 0.15) is 31.0 Å². The van der Waals surface area contributed by atoms with Gasteiger partial charge in [0.25, 0.3) is 0 Å². The number of hydrogen-bond acceptors (Lipinski definition) is 15. The number of esters is 2. The predicted molar refractivity (Wildman–Crippen MR) is 260 cm³/mol. The molecule has 9 N–H and O–H groups in total. The number of allylic oxidation sites excluding steroid dienone is 10. The smallest absolute Gasteiger partial charge is 0.462 e. The topological polar surface area (TPSA) is 270 Å². The Morgan fingerprint density at radius 2 is 1.40 bits per heavy atom. The van der Waals surface area contributed by atoms with Crippen LogP contribution in [0.4, 0.5) is 0 Å². The van der Waals surface area contributed by atoms with Gasteiger partial charge < -0.3 is 55.2 Å². The fraction of sp³-hybridized carbons (Fsp3) is 0.725. The third kappa shape index (κ3) is 25.9. The zero-order valence-corrected chi connectivity index (χ0v) is 41.3. The van der Waals surface area contributed by atoms with Gasteiger partial charge in [0.15, 0.2) is 6.10 Å². The Labute approximate surface area is 404 Å². The highest BCUT2D eigenvalue weighted by Gasteiger charge is 2.49. The molecule has 1 fully saturated rings. The molecule has 0 amide bonds. The molecule has 1 unspecified atom stereocenters. The fourth-order valence-corrected chi connectivity index (χ4v) is 8.95. The monoisotopic (exact) mass is 985 g/mol. The fourth-order valence-electron chi connectivity index (χ4n) is 7.98. The summed E-state index contributed by atoms with van der Waals surface area (Å²) in [5, 5.41) is 90.2. The van der Waals surface area contributed by atoms with Crippen LogP contribution >= 0.6 is 7.82 Å². The Morgan fingerprint density at radius 3 is 2.07 bits per heavy atom. The summed E-state index contributed by atoms with van der Waals surface area (Å²) in [5.74, 6) is -4.07. The second-order valence-corrected chi connectivity index (χ2v) is 19.3. The van der Waals surface area contributed by atoms with E-state index in [1.807, 2.05) is 6.92 Å². The summed E-state index contributed by atoms with van der Waals surface area (Å²) in [6.07, 6.45) is 16.9. The molecule has 390 valence electrons. The molecular weight excluding hydrogens is 900 g/mol. The Hall–Kier alpha value is -2.83. The maximum absolute atomic E-state index is 13.6. The van der Waals surface area contributed by atoms with Crippen molar-refractivity contribution < 1.29 is 78.4 Å². The number of hydrogen-bond donors (Lipinski definition) is 9. The minimum absolute atomic E-state index is 0.0114. The van der Waals surface area contributed by atoms with Crippen molar-refractivity contribution in [1.82, 2.24) is 0 Å². The van der Waals surface area contributed by atoms with E-state index in [0.29, 0.717) is 32.1 Å². The van der Waals surface area contributed by atoms with E-state index in [-0.39, 0.29) is 19.3 Å². The normalized spacial score (nSPS) is 32.1. The molecule has 0 spiro atoms. The number of rotatable bonds is 23. The molecule has 68 heavy (non-hydrogen) atoms. The summed E-state index contributed by atoms with van der Waals surface area (Å²) in [7, 11) is -5.45. The molecule has 0 radical (unpaired) electrons. The Kier molecular flexibility index (Phi) is 32.6. The third-order valence-electron chi connectivity index (χ3n) is 12.1. The van der Waals surface area contributed by atoms with Crippen molar-refractivity contribution in [1.29, 1.82) is 0 Å². The average molecular weight is 985 g/mol. The van der Waals surface area contributed by atoms with E-state index >= 15 is 0 Å². The number of phosphoric ester groups is 1. The molecular formula is C51H85O16P. The Bertz CT molecular complexity index is 1600. The summed E-state index contributed by atoms with van der Waals surface area (Å²) >= 11 is 0. The Morgan fingerprint density at radius 1 is 0.765 bits per heavy atom. The molecule has 17 heteroatoms. The zero-order chi connectivity index (χ0) is 50.2. The van der Waals surface area contributed by atoms with Crippen LogP contribution in [0.2, 0.25) is 0 Å². The summed E-state index contributed by atoms with van der Waals surface area (Å²) in [4.78, 5) is 36.5. The van der Waals surface area contributed by atoms with Crippen LogP contribution in [0, 0.1) is 11.8 Å². The van der Waals surface area contributed by atoms with Gasteiger partial charge in [0.05, 0.1) is 37.1 Å². The van der Waals surface area contributed by atoms with Crippen LogP contribution in [0.15, 0.2) is 72.9 Å². The van der Waals surface area contributed by atoms with Crippen molar-refractivity contribution in [3.8, 4) is 0 Å². The van der Waals surface area contributed by atoms with Crippen LogP contribution in [0.5, 0.6) is 0 Å². The molecule has 2 bridgehead atoms. The van der Waals surface area contributed by atoms with E-state index < -0.39 is 112 Å². The second-order valence-electron chi connectivity index (χ2n) is 17.9. The molecule has 2 rings (SSSR count). The van der Waals surface area contributed by atoms with Gasteiger partial charge in [-0.05, 0) is 70.6 Å². The third-order valence-corrected chi connectivity index (χ3v) is 13.1. The Balaban J connectivity index is 2.11. The number of cyclic esters (lactones) is 1. The van der Waals surface area contributed by atoms with Crippen LogP contribution in [0.3, 0.4) is 0 Å². The minimum atomic E-state index is -5.45. The number of ether oxygens (including phenoxy) is 2. The van der Waals surface area contributed by atoms with Crippen LogP contribution in [-0.4, -0.2) is 132 Å². The van der Waals surface area contributed by atoms with Gasteiger partial charge >= 0.3 is 19.8 Å². The van der Waals surface area contributed by atoms with E-state index in [0.717, 1.165) is 77.0 Å². The lowest BCUT2D eigenvalue weighted by atomic mass is 9.83. The first kappa shape index (κ1) is 61.3. The maximum atomic E-state index is 13.6. The van der Waals surface area contributed by atoms with E-state index in [1.165, 1.54) is 12.2 Å². The number of aliphatic hydroxyl groups is 8. The van der Waals surface area contributed by atoms with Crippen molar-refractivity contribution in [3.05, 3.63) is 72.9 Å². The van der Waals surface area contributed by atoms with Crippen molar-refractivity contribution in [2.75, 3.05) is 13.2 Å². The molecule has 0 aromatic heterocycles. The molecule has 2 aliphatic rings. The molecule has 0 aromatic rings. The lowest BCUT2D eigenvalue weighted by Crippen LogP contribution is -2.55. The quantitative estimate of drug-likeness (QED) is 0.0224. The molecule has 13 atom stereocenters. The lowest BCUT2D eigenvalue weighted by molar-refractivity contribution is -0.167. The number of unbranched alkanes of at least 4 members (excludes halogenated alkanes) is 8. The molecule has 0 saturated heterocycles. The van der Waals surface area contributed by atoms with Gasteiger partial charge in [-0.3, -0.25) is 18.6 Å². The van der Waals surface area contributed by atoms with Crippen LogP contribution < -0.4 is 0 Å². The molecule has 1 saturated carbocycles. The standard InChI is InChI=1S/C51H85O16P/c1-3-5-7-8-9-10-11-12-13-14-15-16-17-18-19-20-21-22-28-32-45(56)66-39-36-64-44(55)31-27-24-23-26-30-40-42(53)35-43(54)41(34-33-38(52)29-25-6-4-2)47(58)49(60)51(50(61)48(59)46(40)57)67-68(62,63)65-37-39/h5,7,9-10,12-13,15-16,23,26,33-34,38-43,46-54,57-61H,3-4,6,8,11,14,17-22,24-25,27-32,35-37H2,1-2H3,(H,62,63)/b7-5-,10-9-,13-12-,16-15-,26-23+,34-33+/t38-,39+,40-,41-,42-,43+,46+,47+,48-,49+,50+,51+/m0/s1. The number of carbonyl (C=O) groups excluding carboxylic acids is 2. The van der Waals surface area contributed by atoms with Crippen molar-refractivity contribution in [2.24, 2.45) is 11.8 Å². The minimum Gasteiger partial charge on any atom is -0.462 e. The molecule has 1 aliphatic heterocycles. The number of aliphatic hydroxyl groups excluding tert-OH is 8. The van der Waals surface area contributed by atoms with Gasteiger partial charge in [0.2, 0.25) is 0 Å². The van der Waals surface area contributed by atoms with E-state index in [1.54, 1.807) is 12.2 Å². The largest absolute Gasteiger partial charge is 0.472 e. The molecule has 1 heterocycles. The highest BCUT2D eigenvalue weighted by molar-refractivity contribution is 7.47. The summed E-state index contributed by atoms with van der Waals surface area (Å²) in [6.45, 7) is 2.70. The predicted octanol–water partition coefficient (Wildman–Crippen LogP) is 6.66. The van der Waals surface area contributed by atoms with Crippen LogP contribution in [0.25, 0.3) is 0 Å². The summed E-state index contributed by atoms with van der Waals surface area (Å²) in [5.41, 5.74) is 0. The highest BCUT2D eigenvalue weighted by Crippen LogP contribution is 2.47. The highest BCUT2D eigenvalue weighted by atomic mass is 31.2. The first-order valence-corrected chi connectivity index (χ1v) is 26.5. The van der Waals surface area contributed by atoms with E-state index in [4.69, 9.17) is 18.5 Å². The first-order chi connectivity index (χ1) is 32.6. The number of carbonyl (C=O) groups is 2.